The highest BCUT2D eigenvalue weighted by Crippen LogP contribution is 2.25. The Balaban J connectivity index is 0.00000312. The maximum atomic E-state index is 12.8. The van der Waals surface area contributed by atoms with E-state index in [9.17, 15) is 13.2 Å². The summed E-state index contributed by atoms with van der Waals surface area (Å²) in [4.78, 5) is 9.41. The average molecular weight is 490 g/mol. The fourth-order valence-electron chi connectivity index (χ4n) is 2.67. The largest absolute Gasteiger partial charge is 0.403 e. The number of piperazine rings is 1. The molecule has 1 aliphatic rings. The first-order chi connectivity index (χ1) is 11.3. The standard InChI is InChI=1S/C16H25F3N4S.HI/c1-4-20-15(21-11-14-12(2)5-10-24-14)23-8-6-22(7-9-23)13(3)16(17,18)19;/h5,10,13H,4,6-9,11H2,1-3H3,(H,20,21);1H. The fraction of sp³-hybridized carbons (Fsp3) is 0.688. The molecule has 25 heavy (non-hydrogen) atoms. The molecule has 1 fully saturated rings. The van der Waals surface area contributed by atoms with Gasteiger partial charge in [-0.1, -0.05) is 0 Å². The zero-order valence-corrected chi connectivity index (χ0v) is 17.9. The van der Waals surface area contributed by atoms with Crippen molar-refractivity contribution in [2.24, 2.45) is 4.99 Å². The molecule has 4 nitrogen and oxygen atoms in total. The van der Waals surface area contributed by atoms with Crippen molar-refractivity contribution in [2.75, 3.05) is 32.7 Å². The van der Waals surface area contributed by atoms with Crippen LogP contribution in [0.1, 0.15) is 24.3 Å². The SMILES string of the molecule is CCNC(=NCc1sccc1C)N1CCN(C(C)C(F)(F)F)CC1.I. The number of guanidine groups is 1. The van der Waals surface area contributed by atoms with Gasteiger partial charge in [0.15, 0.2) is 5.96 Å². The zero-order valence-electron chi connectivity index (χ0n) is 14.8. The molecule has 0 aliphatic carbocycles. The number of aliphatic imine (C=N–C) groups is 1. The van der Waals surface area contributed by atoms with Crippen LogP contribution in [0.25, 0.3) is 0 Å². The number of alkyl halides is 3. The Bertz CT molecular complexity index is 554. The van der Waals surface area contributed by atoms with Gasteiger partial charge in [0, 0.05) is 37.6 Å². The molecule has 1 aromatic heterocycles. The molecule has 1 aliphatic heterocycles. The number of nitrogens with zero attached hydrogens (tertiary/aromatic N) is 3. The van der Waals surface area contributed by atoms with Crippen LogP contribution < -0.4 is 5.32 Å². The van der Waals surface area contributed by atoms with Crippen LogP contribution in [-0.4, -0.2) is 60.7 Å². The van der Waals surface area contributed by atoms with Crippen molar-refractivity contribution in [1.82, 2.24) is 15.1 Å². The molecular formula is C16H26F3IN4S. The first-order valence-corrected chi connectivity index (χ1v) is 9.08. The molecule has 1 saturated heterocycles. The van der Waals surface area contributed by atoms with E-state index in [4.69, 9.17) is 0 Å². The molecule has 0 aromatic carbocycles. The lowest BCUT2D eigenvalue weighted by molar-refractivity contribution is -0.181. The smallest absolute Gasteiger partial charge is 0.357 e. The highest BCUT2D eigenvalue weighted by molar-refractivity contribution is 14.0. The second-order valence-corrected chi connectivity index (χ2v) is 6.94. The molecule has 2 heterocycles. The van der Waals surface area contributed by atoms with Gasteiger partial charge in [-0.15, -0.1) is 35.3 Å². The molecule has 144 valence electrons. The number of halogens is 4. The van der Waals surface area contributed by atoms with E-state index in [0.717, 1.165) is 12.5 Å². The lowest BCUT2D eigenvalue weighted by Crippen LogP contribution is -2.56. The van der Waals surface area contributed by atoms with E-state index in [1.807, 2.05) is 17.2 Å². The summed E-state index contributed by atoms with van der Waals surface area (Å²) in [6, 6.07) is 0.674. The van der Waals surface area contributed by atoms with Crippen molar-refractivity contribution in [2.45, 2.75) is 39.5 Å². The van der Waals surface area contributed by atoms with Crippen molar-refractivity contribution >= 4 is 41.3 Å². The molecule has 0 saturated carbocycles. The number of aryl methyl sites for hydroxylation is 1. The molecule has 0 amide bonds. The maximum Gasteiger partial charge on any atom is 0.403 e. The number of nitrogens with one attached hydrogen (secondary N) is 1. The summed E-state index contributed by atoms with van der Waals surface area (Å²) in [6.07, 6.45) is -4.17. The van der Waals surface area contributed by atoms with Crippen LogP contribution in [0.2, 0.25) is 0 Å². The van der Waals surface area contributed by atoms with Crippen molar-refractivity contribution < 1.29 is 13.2 Å². The molecule has 0 bridgehead atoms. The second-order valence-electron chi connectivity index (χ2n) is 5.94. The van der Waals surface area contributed by atoms with Gasteiger partial charge in [0.25, 0.3) is 0 Å². The van der Waals surface area contributed by atoms with Crippen LogP contribution in [0, 0.1) is 6.92 Å². The van der Waals surface area contributed by atoms with Gasteiger partial charge >= 0.3 is 6.18 Å². The van der Waals surface area contributed by atoms with Crippen molar-refractivity contribution in [3.63, 3.8) is 0 Å². The monoisotopic (exact) mass is 490 g/mol. The molecule has 1 unspecified atom stereocenters. The molecule has 1 aromatic rings. The van der Waals surface area contributed by atoms with E-state index < -0.39 is 12.2 Å². The molecule has 9 heteroatoms. The van der Waals surface area contributed by atoms with E-state index >= 15 is 0 Å². The van der Waals surface area contributed by atoms with Crippen LogP contribution in [0.4, 0.5) is 13.2 Å². The van der Waals surface area contributed by atoms with Gasteiger partial charge in [-0.2, -0.15) is 13.2 Å². The predicted molar refractivity (Wildman–Crippen MR) is 108 cm³/mol. The lowest BCUT2D eigenvalue weighted by atomic mass is 10.2. The third-order valence-corrected chi connectivity index (χ3v) is 5.32. The van der Waals surface area contributed by atoms with Crippen LogP contribution in [0.3, 0.4) is 0 Å². The van der Waals surface area contributed by atoms with Crippen LogP contribution >= 0.6 is 35.3 Å². The Morgan fingerprint density at radius 1 is 1.32 bits per heavy atom. The van der Waals surface area contributed by atoms with Crippen LogP contribution in [-0.2, 0) is 6.54 Å². The minimum Gasteiger partial charge on any atom is -0.357 e. The molecule has 0 spiro atoms. The first-order valence-electron chi connectivity index (χ1n) is 8.20. The van der Waals surface area contributed by atoms with E-state index in [0.29, 0.717) is 32.7 Å². The normalized spacial score (nSPS) is 18.0. The summed E-state index contributed by atoms with van der Waals surface area (Å²) < 4.78 is 38.5. The molecule has 2 rings (SSSR count). The van der Waals surface area contributed by atoms with E-state index in [1.165, 1.54) is 22.3 Å². The quantitative estimate of drug-likeness (QED) is 0.397. The second kappa shape index (κ2) is 9.96. The number of thiophene rings is 1. The van der Waals surface area contributed by atoms with E-state index in [-0.39, 0.29) is 24.0 Å². The van der Waals surface area contributed by atoms with E-state index in [2.05, 4.69) is 23.3 Å². The van der Waals surface area contributed by atoms with Crippen molar-refractivity contribution in [3.05, 3.63) is 21.9 Å². The van der Waals surface area contributed by atoms with Gasteiger partial charge in [-0.25, -0.2) is 4.99 Å². The fourth-order valence-corrected chi connectivity index (χ4v) is 3.50. The molecular weight excluding hydrogens is 464 g/mol. The Morgan fingerprint density at radius 2 is 1.96 bits per heavy atom. The molecule has 0 radical (unpaired) electrons. The topological polar surface area (TPSA) is 30.9 Å². The summed E-state index contributed by atoms with van der Waals surface area (Å²) in [7, 11) is 0. The number of hydrogen-bond donors (Lipinski definition) is 1. The van der Waals surface area contributed by atoms with Gasteiger partial charge in [0.2, 0.25) is 0 Å². The maximum absolute atomic E-state index is 12.8. The lowest BCUT2D eigenvalue weighted by Gasteiger charge is -2.39. The summed E-state index contributed by atoms with van der Waals surface area (Å²) in [5, 5.41) is 5.29. The average Bonchev–Trinajstić information content (AvgIpc) is 2.95. The van der Waals surface area contributed by atoms with Gasteiger partial charge in [0.1, 0.15) is 6.04 Å². The van der Waals surface area contributed by atoms with Gasteiger partial charge in [-0.05, 0) is 37.8 Å². The summed E-state index contributed by atoms with van der Waals surface area (Å²) in [5.41, 5.74) is 1.23. The minimum absolute atomic E-state index is 0. The molecule has 1 atom stereocenters. The summed E-state index contributed by atoms with van der Waals surface area (Å²) in [6.45, 7) is 8.51. The first kappa shape index (κ1) is 22.5. The van der Waals surface area contributed by atoms with E-state index in [1.54, 1.807) is 11.3 Å². The highest BCUT2D eigenvalue weighted by Gasteiger charge is 2.41. The van der Waals surface area contributed by atoms with Crippen LogP contribution in [0.15, 0.2) is 16.4 Å². The van der Waals surface area contributed by atoms with Gasteiger partial charge < -0.3 is 10.2 Å². The summed E-state index contributed by atoms with van der Waals surface area (Å²) >= 11 is 1.68. The van der Waals surface area contributed by atoms with Crippen LogP contribution in [0.5, 0.6) is 0 Å². The minimum atomic E-state index is -4.17. The Hall–Kier alpha value is -0.550. The Morgan fingerprint density at radius 3 is 2.44 bits per heavy atom. The zero-order chi connectivity index (χ0) is 17.7. The third-order valence-electron chi connectivity index (χ3n) is 4.31. The van der Waals surface area contributed by atoms with Gasteiger partial charge in [0.05, 0.1) is 6.54 Å². The number of hydrogen-bond acceptors (Lipinski definition) is 3. The molecule has 1 N–H and O–H groups in total. The predicted octanol–water partition coefficient (Wildman–Crippen LogP) is 3.71. The number of rotatable bonds is 4. The van der Waals surface area contributed by atoms with Crippen molar-refractivity contribution in [1.29, 1.82) is 0 Å². The van der Waals surface area contributed by atoms with Gasteiger partial charge in [-0.3, -0.25) is 4.90 Å². The Kier molecular flexibility index (Phi) is 8.96. The summed E-state index contributed by atoms with van der Waals surface area (Å²) in [5.74, 6) is 0.782. The highest BCUT2D eigenvalue weighted by atomic mass is 127. The third kappa shape index (κ3) is 6.28. The van der Waals surface area contributed by atoms with Crippen molar-refractivity contribution in [3.8, 4) is 0 Å². The Labute approximate surface area is 168 Å².